The van der Waals surface area contributed by atoms with Crippen molar-refractivity contribution in [1.82, 2.24) is 10.6 Å². The van der Waals surface area contributed by atoms with Crippen molar-refractivity contribution in [2.75, 3.05) is 26.2 Å². The number of ether oxygens (including phenoxy) is 2. The molecule has 0 bridgehead atoms. The molecule has 0 radical (unpaired) electrons. The second-order valence-corrected chi connectivity index (χ2v) is 6.42. The molecule has 1 saturated heterocycles. The lowest BCUT2D eigenvalue weighted by Gasteiger charge is -2.31. The molecule has 6 heteroatoms. The number of halogens is 1. The van der Waals surface area contributed by atoms with Crippen LogP contribution in [0.4, 0.5) is 0 Å². The van der Waals surface area contributed by atoms with E-state index in [4.69, 9.17) is 21.1 Å². The summed E-state index contributed by atoms with van der Waals surface area (Å²) >= 11 is 6.12. The smallest absolute Gasteiger partial charge is 0.163 e. The van der Waals surface area contributed by atoms with Crippen molar-refractivity contribution >= 4 is 11.6 Å². The molecular weight excluding hydrogens is 304 g/mol. The molecule has 2 unspecified atom stereocenters. The fraction of sp³-hybridized carbons (Fsp3) is 0.625. The Hall–Kier alpha value is -1.01. The van der Waals surface area contributed by atoms with Gasteiger partial charge in [0.15, 0.2) is 17.6 Å². The topological polar surface area (TPSA) is 62.8 Å². The van der Waals surface area contributed by atoms with Crippen LogP contribution in [0.3, 0.4) is 0 Å². The highest BCUT2D eigenvalue weighted by molar-refractivity contribution is 6.31. The Morgan fingerprint density at radius 3 is 2.91 bits per heavy atom. The second-order valence-electron chi connectivity index (χ2n) is 6.02. The normalized spacial score (nSPS) is 23.3. The first-order valence-electron chi connectivity index (χ1n) is 7.85. The van der Waals surface area contributed by atoms with E-state index in [1.54, 1.807) is 6.07 Å². The van der Waals surface area contributed by atoms with E-state index in [-0.39, 0.29) is 6.10 Å². The summed E-state index contributed by atoms with van der Waals surface area (Å²) in [5, 5.41) is 17.7. The largest absolute Gasteiger partial charge is 0.486 e. The maximum atomic E-state index is 10.3. The molecule has 22 heavy (non-hydrogen) atoms. The van der Waals surface area contributed by atoms with E-state index < -0.39 is 6.10 Å². The number of aliphatic hydroxyl groups excluding tert-OH is 1. The number of rotatable bonds is 4. The molecule has 5 nitrogen and oxygen atoms in total. The van der Waals surface area contributed by atoms with Crippen molar-refractivity contribution in [2.45, 2.75) is 38.0 Å². The number of fused-ring (bicyclic) bond motifs is 1. The zero-order valence-electron chi connectivity index (χ0n) is 12.8. The summed E-state index contributed by atoms with van der Waals surface area (Å²) in [5.74, 6) is 1.30. The highest BCUT2D eigenvalue weighted by atomic mass is 35.5. The molecule has 2 heterocycles. The number of hydrogen-bond donors (Lipinski definition) is 3. The average molecular weight is 327 g/mol. The molecule has 2 atom stereocenters. The van der Waals surface area contributed by atoms with Crippen LogP contribution in [0.5, 0.6) is 11.5 Å². The Morgan fingerprint density at radius 2 is 2.14 bits per heavy atom. The van der Waals surface area contributed by atoms with Crippen molar-refractivity contribution in [2.24, 2.45) is 0 Å². The predicted molar refractivity (Wildman–Crippen MR) is 86.0 cm³/mol. The minimum atomic E-state index is -0.608. The highest BCUT2D eigenvalue weighted by Gasteiger charge is 2.28. The van der Waals surface area contributed by atoms with E-state index in [2.05, 4.69) is 10.6 Å². The van der Waals surface area contributed by atoms with Gasteiger partial charge in [-0.25, -0.2) is 0 Å². The van der Waals surface area contributed by atoms with Crippen LogP contribution in [0.1, 0.15) is 18.4 Å². The number of piperidine rings is 1. The molecule has 2 aliphatic heterocycles. The molecule has 0 aliphatic carbocycles. The number of hydrogen-bond acceptors (Lipinski definition) is 5. The molecule has 1 aromatic rings. The lowest BCUT2D eigenvalue weighted by atomic mass is 10.1. The lowest BCUT2D eigenvalue weighted by molar-refractivity contribution is -0.0105. The Kier molecular flexibility index (Phi) is 5.08. The number of aryl methyl sites for hydroxylation is 1. The standard InChI is InChI=1S/C16H23ClN2O3/c1-10-6-14-15(7-12(10)17)22-16(9-21-14)13(20)8-19-11-2-4-18-5-3-11/h6-7,11,13,16,18-20H,2-5,8-9H2,1H3. The maximum absolute atomic E-state index is 10.3. The molecule has 1 aromatic carbocycles. The Labute approximate surface area is 135 Å². The molecule has 0 spiro atoms. The van der Waals surface area contributed by atoms with Gasteiger partial charge in [-0.05, 0) is 44.5 Å². The van der Waals surface area contributed by atoms with Gasteiger partial charge in [0.2, 0.25) is 0 Å². The van der Waals surface area contributed by atoms with E-state index in [9.17, 15) is 5.11 Å². The lowest BCUT2D eigenvalue weighted by Crippen LogP contribution is -2.48. The maximum Gasteiger partial charge on any atom is 0.163 e. The molecule has 3 rings (SSSR count). The van der Waals surface area contributed by atoms with Gasteiger partial charge in [-0.2, -0.15) is 0 Å². The van der Waals surface area contributed by atoms with Crippen molar-refractivity contribution < 1.29 is 14.6 Å². The monoisotopic (exact) mass is 326 g/mol. The fourth-order valence-corrected chi connectivity index (χ4v) is 3.00. The minimum absolute atomic E-state index is 0.350. The van der Waals surface area contributed by atoms with Crippen molar-refractivity contribution in [3.05, 3.63) is 22.7 Å². The molecule has 122 valence electrons. The van der Waals surface area contributed by atoms with Crippen LogP contribution in [0.15, 0.2) is 12.1 Å². The van der Waals surface area contributed by atoms with E-state index in [0.29, 0.717) is 35.7 Å². The summed E-state index contributed by atoms with van der Waals surface area (Å²) in [7, 11) is 0. The third-order valence-electron chi connectivity index (χ3n) is 4.29. The molecule has 0 amide bonds. The van der Waals surface area contributed by atoms with Crippen LogP contribution in [0.2, 0.25) is 5.02 Å². The van der Waals surface area contributed by atoms with Gasteiger partial charge < -0.3 is 25.2 Å². The summed E-state index contributed by atoms with van der Waals surface area (Å²) in [4.78, 5) is 0. The predicted octanol–water partition coefficient (Wildman–Crippen LogP) is 1.49. The minimum Gasteiger partial charge on any atom is -0.486 e. The third kappa shape index (κ3) is 3.66. The van der Waals surface area contributed by atoms with Crippen LogP contribution in [-0.4, -0.2) is 49.6 Å². The molecule has 3 N–H and O–H groups in total. The quantitative estimate of drug-likeness (QED) is 0.782. The van der Waals surface area contributed by atoms with Gasteiger partial charge in [0, 0.05) is 23.7 Å². The Bertz CT molecular complexity index is 520. The van der Waals surface area contributed by atoms with Crippen molar-refractivity contribution in [3.63, 3.8) is 0 Å². The van der Waals surface area contributed by atoms with Crippen LogP contribution in [0, 0.1) is 6.92 Å². The fourth-order valence-electron chi connectivity index (χ4n) is 2.85. The SMILES string of the molecule is Cc1cc2c(cc1Cl)OC(C(O)CNC1CCNCC1)CO2. The van der Waals surface area contributed by atoms with Gasteiger partial charge in [0.1, 0.15) is 12.7 Å². The molecule has 2 aliphatic rings. The van der Waals surface area contributed by atoms with Crippen LogP contribution in [0.25, 0.3) is 0 Å². The van der Waals surface area contributed by atoms with Crippen molar-refractivity contribution in [3.8, 4) is 11.5 Å². The summed E-state index contributed by atoms with van der Waals surface area (Å²) in [5.41, 5.74) is 0.954. The number of nitrogens with one attached hydrogen (secondary N) is 2. The molecule has 0 saturated carbocycles. The van der Waals surface area contributed by atoms with E-state index in [1.807, 2.05) is 13.0 Å². The van der Waals surface area contributed by atoms with Crippen LogP contribution >= 0.6 is 11.6 Å². The van der Waals surface area contributed by atoms with Gasteiger partial charge in [0.05, 0.1) is 0 Å². The molecular formula is C16H23ClN2O3. The summed E-state index contributed by atoms with van der Waals surface area (Å²) in [6.45, 7) is 4.84. The third-order valence-corrected chi connectivity index (χ3v) is 4.70. The van der Waals surface area contributed by atoms with Gasteiger partial charge in [0.25, 0.3) is 0 Å². The van der Waals surface area contributed by atoms with Crippen molar-refractivity contribution in [1.29, 1.82) is 0 Å². The molecule has 1 fully saturated rings. The first kappa shape index (κ1) is 15.9. The second kappa shape index (κ2) is 7.04. The summed E-state index contributed by atoms with van der Waals surface area (Å²) < 4.78 is 11.6. The number of aliphatic hydroxyl groups is 1. The Morgan fingerprint density at radius 1 is 1.36 bits per heavy atom. The highest BCUT2D eigenvalue weighted by Crippen LogP contribution is 2.36. The zero-order valence-corrected chi connectivity index (χ0v) is 13.5. The van der Waals surface area contributed by atoms with Gasteiger partial charge in [-0.1, -0.05) is 11.6 Å². The molecule has 0 aromatic heterocycles. The summed E-state index contributed by atoms with van der Waals surface area (Å²) in [6, 6.07) is 4.09. The average Bonchev–Trinajstić information content (AvgIpc) is 2.54. The van der Waals surface area contributed by atoms with Crippen LogP contribution in [-0.2, 0) is 0 Å². The van der Waals surface area contributed by atoms with Gasteiger partial charge in [-0.3, -0.25) is 0 Å². The van der Waals surface area contributed by atoms with E-state index in [1.165, 1.54) is 0 Å². The van der Waals surface area contributed by atoms with E-state index >= 15 is 0 Å². The van der Waals surface area contributed by atoms with Gasteiger partial charge in [-0.15, -0.1) is 0 Å². The zero-order chi connectivity index (χ0) is 15.5. The Balaban J connectivity index is 1.55. The number of benzene rings is 1. The van der Waals surface area contributed by atoms with Crippen LogP contribution < -0.4 is 20.1 Å². The van der Waals surface area contributed by atoms with Gasteiger partial charge >= 0.3 is 0 Å². The first-order chi connectivity index (χ1) is 10.6. The van der Waals surface area contributed by atoms with E-state index in [0.717, 1.165) is 31.5 Å². The summed E-state index contributed by atoms with van der Waals surface area (Å²) in [6.07, 6.45) is 1.20. The first-order valence-corrected chi connectivity index (χ1v) is 8.23.